The molecule has 116 valence electrons. The molecular weight excluding hydrogens is 284 g/mol. The number of rotatable bonds is 3. The summed E-state index contributed by atoms with van der Waals surface area (Å²) in [6.07, 6.45) is 1.53. The maximum Gasteiger partial charge on any atom is 0.279 e. The Morgan fingerprint density at radius 3 is 2.77 bits per heavy atom. The van der Waals surface area contributed by atoms with Crippen LogP contribution < -0.4 is 0 Å². The molecule has 2 aromatic rings. The molecule has 1 N–H and O–H groups in total. The Morgan fingerprint density at radius 1 is 1.36 bits per heavy atom. The van der Waals surface area contributed by atoms with Crippen LogP contribution in [0, 0.1) is 10.1 Å². The molecule has 1 aromatic heterocycles. The molecule has 1 aliphatic heterocycles. The van der Waals surface area contributed by atoms with Gasteiger partial charge < -0.3 is 10.0 Å². The molecule has 0 amide bonds. The quantitative estimate of drug-likeness (QED) is 0.685. The number of likely N-dealkylation sites (N-methyl/N-ethyl adjacent to an activating group) is 1. The van der Waals surface area contributed by atoms with Gasteiger partial charge in [-0.25, -0.2) is 0 Å². The number of aromatic hydroxyl groups is 1. The van der Waals surface area contributed by atoms with Gasteiger partial charge >= 0.3 is 0 Å². The largest absolute Gasteiger partial charge is 0.505 e. The summed E-state index contributed by atoms with van der Waals surface area (Å²) < 4.78 is 0. The average molecular weight is 302 g/mol. The zero-order chi connectivity index (χ0) is 15.7. The predicted molar refractivity (Wildman–Crippen MR) is 82.8 cm³/mol. The lowest BCUT2D eigenvalue weighted by Gasteiger charge is -2.32. The Hall–Kier alpha value is -2.25. The molecule has 22 heavy (non-hydrogen) atoms. The minimum Gasteiger partial charge on any atom is -0.505 e. The molecule has 0 atom stereocenters. The summed E-state index contributed by atoms with van der Waals surface area (Å²) in [6, 6.07) is 4.71. The van der Waals surface area contributed by atoms with Crippen molar-refractivity contribution in [2.75, 3.05) is 33.2 Å². The summed E-state index contributed by atoms with van der Waals surface area (Å²) >= 11 is 0. The lowest BCUT2D eigenvalue weighted by Crippen LogP contribution is -2.43. The Bertz CT molecular complexity index is 711. The minimum absolute atomic E-state index is 0.00923. The molecule has 1 saturated heterocycles. The van der Waals surface area contributed by atoms with Gasteiger partial charge in [0.05, 0.1) is 10.3 Å². The number of nitrogens with zero attached hydrogens (tertiary/aromatic N) is 4. The number of hydrogen-bond donors (Lipinski definition) is 1. The van der Waals surface area contributed by atoms with Gasteiger partial charge in [0.25, 0.3) is 5.69 Å². The van der Waals surface area contributed by atoms with Crippen molar-refractivity contribution in [1.82, 2.24) is 14.8 Å². The van der Waals surface area contributed by atoms with Crippen LogP contribution in [0.5, 0.6) is 5.75 Å². The third-order valence-corrected chi connectivity index (χ3v) is 4.11. The van der Waals surface area contributed by atoms with Gasteiger partial charge in [-0.2, -0.15) is 0 Å². The Balaban J connectivity index is 1.99. The molecule has 1 aliphatic rings. The zero-order valence-electron chi connectivity index (χ0n) is 12.4. The summed E-state index contributed by atoms with van der Waals surface area (Å²) in [7, 11) is 2.07. The third-order valence-electron chi connectivity index (χ3n) is 4.11. The van der Waals surface area contributed by atoms with Crippen LogP contribution in [0.3, 0.4) is 0 Å². The second-order valence-electron chi connectivity index (χ2n) is 5.64. The summed E-state index contributed by atoms with van der Waals surface area (Å²) in [6.45, 7) is 4.16. The second kappa shape index (κ2) is 5.86. The van der Waals surface area contributed by atoms with E-state index in [2.05, 4.69) is 21.8 Å². The molecule has 1 fully saturated rings. The van der Waals surface area contributed by atoms with Crippen LogP contribution in [0.15, 0.2) is 24.4 Å². The normalized spacial score (nSPS) is 17.0. The van der Waals surface area contributed by atoms with Gasteiger partial charge in [-0.1, -0.05) is 0 Å². The molecule has 0 saturated carbocycles. The van der Waals surface area contributed by atoms with Crippen LogP contribution in [0.25, 0.3) is 10.9 Å². The van der Waals surface area contributed by atoms with Crippen molar-refractivity contribution in [2.24, 2.45) is 0 Å². The average Bonchev–Trinajstić information content (AvgIpc) is 2.52. The van der Waals surface area contributed by atoms with Gasteiger partial charge in [-0.3, -0.25) is 20.0 Å². The van der Waals surface area contributed by atoms with Crippen LogP contribution in [0.1, 0.15) is 5.56 Å². The van der Waals surface area contributed by atoms with E-state index in [9.17, 15) is 15.2 Å². The molecule has 0 aliphatic carbocycles. The second-order valence-corrected chi connectivity index (χ2v) is 5.64. The highest BCUT2D eigenvalue weighted by atomic mass is 16.6. The van der Waals surface area contributed by atoms with Gasteiger partial charge in [-0.15, -0.1) is 0 Å². The van der Waals surface area contributed by atoms with Gasteiger partial charge in [0.1, 0.15) is 11.3 Å². The number of benzene rings is 1. The first kappa shape index (κ1) is 14.7. The summed E-state index contributed by atoms with van der Waals surface area (Å²) in [5, 5.41) is 22.1. The first-order valence-corrected chi connectivity index (χ1v) is 7.21. The van der Waals surface area contributed by atoms with Crippen molar-refractivity contribution in [3.05, 3.63) is 40.1 Å². The van der Waals surface area contributed by atoms with E-state index in [1.807, 2.05) is 0 Å². The fraction of sp³-hybridized carbons (Fsp3) is 0.400. The summed E-state index contributed by atoms with van der Waals surface area (Å²) in [5.41, 5.74) is 0.841. The molecule has 1 aromatic carbocycles. The number of nitro benzene ring substituents is 1. The molecule has 7 nitrogen and oxygen atoms in total. The number of hydrogen-bond acceptors (Lipinski definition) is 6. The minimum atomic E-state index is -0.420. The Morgan fingerprint density at radius 2 is 2.09 bits per heavy atom. The monoisotopic (exact) mass is 302 g/mol. The molecule has 2 heterocycles. The van der Waals surface area contributed by atoms with E-state index in [4.69, 9.17) is 0 Å². The lowest BCUT2D eigenvalue weighted by molar-refractivity contribution is -0.383. The van der Waals surface area contributed by atoms with Crippen molar-refractivity contribution in [2.45, 2.75) is 6.54 Å². The maximum atomic E-state index is 11.3. The van der Waals surface area contributed by atoms with Crippen LogP contribution >= 0.6 is 0 Å². The summed E-state index contributed by atoms with van der Waals surface area (Å²) in [5.74, 6) is 0.0418. The van der Waals surface area contributed by atoms with E-state index in [1.165, 1.54) is 12.3 Å². The number of fused-ring (bicyclic) bond motifs is 1. The van der Waals surface area contributed by atoms with E-state index in [0.29, 0.717) is 23.0 Å². The molecule has 0 spiro atoms. The number of aromatic nitrogens is 1. The standard InChI is InChI=1S/C15H18N4O3/c1-17-5-7-18(8-6-17)10-11-9-13(19(21)22)12-3-2-4-16-14(12)15(11)20/h2-4,9,20H,5-8,10H2,1H3. The maximum absolute atomic E-state index is 11.3. The van der Waals surface area contributed by atoms with Crippen molar-refractivity contribution < 1.29 is 10.0 Å². The fourth-order valence-corrected chi connectivity index (χ4v) is 2.78. The van der Waals surface area contributed by atoms with E-state index in [1.54, 1.807) is 12.1 Å². The molecule has 0 radical (unpaired) electrons. The Kier molecular flexibility index (Phi) is 3.91. The topological polar surface area (TPSA) is 82.7 Å². The van der Waals surface area contributed by atoms with Crippen LogP contribution in [0.4, 0.5) is 5.69 Å². The lowest BCUT2D eigenvalue weighted by atomic mass is 10.1. The summed E-state index contributed by atoms with van der Waals surface area (Å²) in [4.78, 5) is 19.4. The SMILES string of the molecule is CN1CCN(Cc2cc([N+](=O)[O-])c3cccnc3c2O)CC1. The number of piperazine rings is 1. The highest BCUT2D eigenvalue weighted by Crippen LogP contribution is 2.35. The van der Waals surface area contributed by atoms with Crippen LogP contribution in [-0.2, 0) is 6.54 Å². The third kappa shape index (κ3) is 2.72. The number of pyridine rings is 1. The number of nitro groups is 1. The van der Waals surface area contributed by atoms with Gasteiger partial charge in [0.15, 0.2) is 0 Å². The molecule has 7 heteroatoms. The van der Waals surface area contributed by atoms with E-state index in [-0.39, 0.29) is 11.4 Å². The van der Waals surface area contributed by atoms with Gasteiger partial charge in [-0.05, 0) is 19.2 Å². The predicted octanol–water partition coefficient (Wildman–Crippen LogP) is 1.60. The highest BCUT2D eigenvalue weighted by Gasteiger charge is 2.22. The highest BCUT2D eigenvalue weighted by molar-refractivity contribution is 5.93. The van der Waals surface area contributed by atoms with Crippen LogP contribution in [0.2, 0.25) is 0 Å². The van der Waals surface area contributed by atoms with E-state index in [0.717, 1.165) is 26.2 Å². The van der Waals surface area contributed by atoms with Crippen LogP contribution in [-0.4, -0.2) is 58.0 Å². The smallest absolute Gasteiger partial charge is 0.279 e. The molecule has 0 unspecified atom stereocenters. The molecular formula is C15H18N4O3. The zero-order valence-corrected chi connectivity index (χ0v) is 12.4. The number of non-ortho nitro benzene ring substituents is 1. The van der Waals surface area contributed by atoms with Crippen molar-refractivity contribution in [3.8, 4) is 5.75 Å². The van der Waals surface area contributed by atoms with Crippen molar-refractivity contribution in [3.63, 3.8) is 0 Å². The molecule has 3 rings (SSSR count). The van der Waals surface area contributed by atoms with Crippen molar-refractivity contribution >= 4 is 16.6 Å². The number of phenols is 1. The number of phenolic OH excluding ortho intramolecular Hbond substituents is 1. The molecule has 0 bridgehead atoms. The fourth-order valence-electron chi connectivity index (χ4n) is 2.78. The first-order valence-electron chi connectivity index (χ1n) is 7.21. The van der Waals surface area contributed by atoms with E-state index >= 15 is 0 Å². The van der Waals surface area contributed by atoms with Gasteiger partial charge in [0.2, 0.25) is 0 Å². The van der Waals surface area contributed by atoms with E-state index < -0.39 is 4.92 Å². The van der Waals surface area contributed by atoms with Crippen molar-refractivity contribution in [1.29, 1.82) is 0 Å². The van der Waals surface area contributed by atoms with Gasteiger partial charge in [0, 0.05) is 50.6 Å². The first-order chi connectivity index (χ1) is 10.6. The Labute approximate surface area is 127 Å².